The summed E-state index contributed by atoms with van der Waals surface area (Å²) in [5, 5.41) is 6.19. The van der Waals surface area contributed by atoms with Gasteiger partial charge in [-0.25, -0.2) is 9.78 Å². The Labute approximate surface area is 209 Å². The quantitative estimate of drug-likeness (QED) is 0.391. The van der Waals surface area contributed by atoms with Gasteiger partial charge in [0.15, 0.2) is 0 Å². The second kappa shape index (κ2) is 10.4. The lowest BCUT2D eigenvalue weighted by molar-refractivity contribution is -0.119. The number of methoxy groups -OCH3 is 1. The van der Waals surface area contributed by atoms with Gasteiger partial charge in [-0.05, 0) is 50.0 Å². The molecule has 0 saturated heterocycles. The lowest BCUT2D eigenvalue weighted by Crippen LogP contribution is -2.34. The number of aromatic nitrogens is 1. The van der Waals surface area contributed by atoms with Crippen molar-refractivity contribution >= 4 is 46.1 Å². The fourth-order valence-corrected chi connectivity index (χ4v) is 3.85. The van der Waals surface area contributed by atoms with Gasteiger partial charge in [0.1, 0.15) is 5.69 Å². The Morgan fingerprint density at radius 1 is 1.03 bits per heavy atom. The summed E-state index contributed by atoms with van der Waals surface area (Å²) in [7, 11) is 6.71. The van der Waals surface area contributed by atoms with E-state index >= 15 is 0 Å². The van der Waals surface area contributed by atoms with E-state index in [4.69, 9.17) is 4.74 Å². The number of hydrogen-bond donors (Lipinski definition) is 2. The number of benzene rings is 2. The molecule has 0 saturated carbocycles. The lowest BCUT2D eigenvalue weighted by Gasteiger charge is -2.20. The van der Waals surface area contributed by atoms with E-state index < -0.39 is 5.97 Å². The van der Waals surface area contributed by atoms with Crippen LogP contribution in [0.1, 0.15) is 21.6 Å². The molecule has 1 aliphatic rings. The monoisotopic (exact) mass is 485 g/mol. The van der Waals surface area contributed by atoms with Gasteiger partial charge < -0.3 is 25.2 Å². The molecule has 0 spiro atoms. The second-order valence-corrected chi connectivity index (χ2v) is 8.54. The Morgan fingerprint density at radius 2 is 1.72 bits per heavy atom. The van der Waals surface area contributed by atoms with Crippen LogP contribution in [0.4, 0.5) is 17.1 Å². The van der Waals surface area contributed by atoms with Gasteiger partial charge in [0, 0.05) is 30.2 Å². The Morgan fingerprint density at radius 3 is 2.36 bits per heavy atom. The topological polar surface area (TPSA) is 104 Å². The highest BCUT2D eigenvalue weighted by Crippen LogP contribution is 2.37. The molecule has 0 bridgehead atoms. The molecular weight excluding hydrogens is 458 g/mol. The number of nitrogens with one attached hydrogen (secondary N) is 2. The van der Waals surface area contributed by atoms with E-state index in [1.54, 1.807) is 11.9 Å². The van der Waals surface area contributed by atoms with Crippen LogP contribution in [0, 0.1) is 0 Å². The number of ether oxygens (including phenoxy) is 1. The number of likely N-dealkylation sites (N-methyl/N-ethyl adjacent to an activating group) is 2. The molecule has 0 atom stereocenters. The Kier molecular flexibility index (Phi) is 7.12. The highest BCUT2D eigenvalue weighted by Gasteiger charge is 2.30. The predicted octanol–water partition coefficient (Wildman–Crippen LogP) is 3.33. The summed E-state index contributed by atoms with van der Waals surface area (Å²) in [6, 6.07) is 18.4. The number of hydrogen-bond acceptors (Lipinski definition) is 7. The van der Waals surface area contributed by atoms with Gasteiger partial charge in [-0.3, -0.25) is 9.59 Å². The van der Waals surface area contributed by atoms with Gasteiger partial charge in [0.25, 0.3) is 5.91 Å². The van der Waals surface area contributed by atoms with E-state index in [0.717, 1.165) is 16.9 Å². The molecule has 2 amide bonds. The average molecular weight is 486 g/mol. The number of carbonyl (C=O) groups excluding carboxylic acids is 3. The van der Waals surface area contributed by atoms with E-state index in [1.807, 2.05) is 73.6 Å². The van der Waals surface area contributed by atoms with Crippen LogP contribution in [0.5, 0.6) is 0 Å². The van der Waals surface area contributed by atoms with Crippen molar-refractivity contribution in [2.24, 2.45) is 0 Å². The first-order chi connectivity index (χ1) is 17.3. The molecule has 0 aliphatic carbocycles. The van der Waals surface area contributed by atoms with Gasteiger partial charge >= 0.3 is 5.97 Å². The van der Waals surface area contributed by atoms with E-state index in [2.05, 4.69) is 15.6 Å². The highest BCUT2D eigenvalue weighted by atomic mass is 16.5. The molecule has 0 radical (unpaired) electrons. The van der Waals surface area contributed by atoms with Crippen molar-refractivity contribution in [3.63, 3.8) is 0 Å². The van der Waals surface area contributed by atoms with Gasteiger partial charge in [0.2, 0.25) is 5.91 Å². The summed E-state index contributed by atoms with van der Waals surface area (Å²) in [6.45, 7) is 0.307. The summed E-state index contributed by atoms with van der Waals surface area (Å²) < 4.78 is 4.74. The van der Waals surface area contributed by atoms with E-state index in [0.29, 0.717) is 29.1 Å². The van der Waals surface area contributed by atoms with Crippen LogP contribution in [-0.4, -0.2) is 62.5 Å². The van der Waals surface area contributed by atoms with Crippen molar-refractivity contribution in [1.29, 1.82) is 0 Å². The minimum Gasteiger partial charge on any atom is -0.464 e. The van der Waals surface area contributed by atoms with Crippen molar-refractivity contribution in [2.45, 2.75) is 0 Å². The van der Waals surface area contributed by atoms with E-state index in [-0.39, 0.29) is 17.5 Å². The summed E-state index contributed by atoms with van der Waals surface area (Å²) >= 11 is 0. The number of amides is 2. The maximum atomic E-state index is 13.1. The molecule has 9 nitrogen and oxygen atoms in total. The largest absolute Gasteiger partial charge is 0.464 e. The minimum atomic E-state index is -0.583. The first kappa shape index (κ1) is 24.6. The maximum Gasteiger partial charge on any atom is 0.356 e. The summed E-state index contributed by atoms with van der Waals surface area (Å²) in [6.07, 6.45) is 1.49. The third-order valence-electron chi connectivity index (χ3n) is 5.71. The third kappa shape index (κ3) is 5.11. The fourth-order valence-electron chi connectivity index (χ4n) is 3.85. The Balaban J connectivity index is 1.71. The standard InChI is InChI=1S/C27H27N5O4/c1-31(2)16-23(33)32(3)19-12-10-18(11-13-19)29-25(17-8-6-5-7-9-17)24-20-15-28-22(27(35)36-4)14-21(20)30-26(24)34/h5-15,29H,16H2,1-4H3,(H,30,34)/b25-24-. The van der Waals surface area contributed by atoms with Gasteiger partial charge in [-0.2, -0.15) is 0 Å². The summed E-state index contributed by atoms with van der Waals surface area (Å²) in [4.78, 5) is 45.0. The van der Waals surface area contributed by atoms with Crippen molar-refractivity contribution in [1.82, 2.24) is 9.88 Å². The van der Waals surface area contributed by atoms with Crippen LogP contribution >= 0.6 is 0 Å². The van der Waals surface area contributed by atoms with Crippen molar-refractivity contribution in [3.05, 3.63) is 83.7 Å². The van der Waals surface area contributed by atoms with Gasteiger partial charge in [-0.15, -0.1) is 0 Å². The normalized spacial score (nSPS) is 13.6. The molecule has 0 unspecified atom stereocenters. The molecule has 36 heavy (non-hydrogen) atoms. The second-order valence-electron chi connectivity index (χ2n) is 8.54. The van der Waals surface area contributed by atoms with Crippen LogP contribution < -0.4 is 15.5 Å². The van der Waals surface area contributed by atoms with Crippen molar-refractivity contribution in [3.8, 4) is 0 Å². The molecule has 9 heteroatoms. The number of fused-ring (bicyclic) bond motifs is 1. The van der Waals surface area contributed by atoms with Crippen LogP contribution in [0.2, 0.25) is 0 Å². The maximum absolute atomic E-state index is 13.1. The molecular formula is C27H27N5O4. The summed E-state index contributed by atoms with van der Waals surface area (Å²) in [5.74, 6) is -0.920. The molecule has 3 aromatic rings. The number of pyridine rings is 1. The van der Waals surface area contributed by atoms with Crippen LogP contribution in [-0.2, 0) is 14.3 Å². The lowest BCUT2D eigenvalue weighted by atomic mass is 10.0. The predicted molar refractivity (Wildman–Crippen MR) is 139 cm³/mol. The molecule has 1 aliphatic heterocycles. The first-order valence-electron chi connectivity index (χ1n) is 11.3. The number of rotatable bonds is 7. The zero-order valence-corrected chi connectivity index (χ0v) is 20.5. The molecule has 1 aromatic heterocycles. The van der Waals surface area contributed by atoms with E-state index in [9.17, 15) is 14.4 Å². The zero-order chi connectivity index (χ0) is 25.8. The van der Waals surface area contributed by atoms with Crippen LogP contribution in [0.3, 0.4) is 0 Å². The SMILES string of the molecule is COC(=O)c1cc2c(cn1)/C(=C(/Nc1ccc(N(C)C(=O)CN(C)C)cc1)c1ccccc1)C(=O)N2. The number of esters is 1. The minimum absolute atomic E-state index is 0.0224. The molecule has 2 aromatic carbocycles. The smallest absolute Gasteiger partial charge is 0.356 e. The average Bonchev–Trinajstić information content (AvgIpc) is 3.21. The zero-order valence-electron chi connectivity index (χ0n) is 20.5. The van der Waals surface area contributed by atoms with Gasteiger partial charge in [-0.1, -0.05) is 30.3 Å². The highest BCUT2D eigenvalue weighted by molar-refractivity contribution is 6.37. The number of anilines is 3. The fraction of sp³-hybridized carbons (Fsp3) is 0.185. The first-order valence-corrected chi connectivity index (χ1v) is 11.3. The third-order valence-corrected chi connectivity index (χ3v) is 5.71. The summed E-state index contributed by atoms with van der Waals surface area (Å²) in [5.41, 5.74) is 4.45. The van der Waals surface area contributed by atoms with E-state index in [1.165, 1.54) is 19.4 Å². The molecule has 184 valence electrons. The van der Waals surface area contributed by atoms with Crippen molar-refractivity contribution in [2.75, 3.05) is 50.3 Å². The number of carbonyl (C=O) groups is 3. The number of nitrogens with zero attached hydrogens (tertiary/aromatic N) is 3. The van der Waals surface area contributed by atoms with Gasteiger partial charge in [0.05, 0.1) is 30.6 Å². The molecule has 0 fully saturated rings. The van der Waals surface area contributed by atoms with Crippen LogP contribution in [0.15, 0.2) is 66.9 Å². The molecule has 2 N–H and O–H groups in total. The Hall–Kier alpha value is -4.50. The Bertz CT molecular complexity index is 1330. The van der Waals surface area contributed by atoms with Crippen molar-refractivity contribution < 1.29 is 19.1 Å². The molecule has 4 rings (SSSR count). The van der Waals surface area contributed by atoms with Crippen LogP contribution in [0.25, 0.3) is 11.3 Å². The molecule has 2 heterocycles.